The van der Waals surface area contributed by atoms with Crippen LogP contribution in [-0.4, -0.2) is 7.05 Å². The molecule has 16 heavy (non-hydrogen) atoms. The molecule has 3 heteroatoms. The monoisotopic (exact) mass is 285 g/mol. The van der Waals surface area contributed by atoms with Gasteiger partial charge in [0.25, 0.3) is 0 Å². The molecular weight excluding hydrogens is 269 g/mol. The Balaban J connectivity index is 2.90. The van der Waals surface area contributed by atoms with Gasteiger partial charge < -0.3 is 5.32 Å². The van der Waals surface area contributed by atoms with Gasteiger partial charge in [0.2, 0.25) is 0 Å². The molecule has 0 spiro atoms. The fourth-order valence-corrected chi connectivity index (χ4v) is 2.29. The van der Waals surface area contributed by atoms with Crippen LogP contribution in [0.2, 0.25) is 0 Å². The molecule has 1 atom stereocenters. The average molecular weight is 286 g/mol. The first-order valence-electron chi connectivity index (χ1n) is 5.31. The summed E-state index contributed by atoms with van der Waals surface area (Å²) < 4.78 is 14.5. The van der Waals surface area contributed by atoms with Crippen molar-refractivity contribution in [2.24, 2.45) is 0 Å². The minimum atomic E-state index is -0.171. The SMILES string of the molecule is C=C(C)CCC(NC)c1c(F)cccc1Br. The highest BCUT2D eigenvalue weighted by atomic mass is 79.9. The van der Waals surface area contributed by atoms with Crippen molar-refractivity contribution in [3.8, 4) is 0 Å². The molecule has 0 amide bonds. The van der Waals surface area contributed by atoms with Gasteiger partial charge in [-0.05, 0) is 38.9 Å². The molecular formula is C13H17BrFN. The molecule has 0 saturated carbocycles. The fourth-order valence-electron chi connectivity index (χ4n) is 1.67. The van der Waals surface area contributed by atoms with E-state index < -0.39 is 0 Å². The van der Waals surface area contributed by atoms with Crippen molar-refractivity contribution in [3.63, 3.8) is 0 Å². The number of rotatable bonds is 5. The highest BCUT2D eigenvalue weighted by Crippen LogP contribution is 2.29. The predicted molar refractivity (Wildman–Crippen MR) is 69.9 cm³/mol. The van der Waals surface area contributed by atoms with Crippen LogP contribution in [0.1, 0.15) is 31.4 Å². The smallest absolute Gasteiger partial charge is 0.129 e. The van der Waals surface area contributed by atoms with E-state index in [0.29, 0.717) is 5.56 Å². The molecule has 88 valence electrons. The van der Waals surface area contributed by atoms with E-state index in [9.17, 15) is 4.39 Å². The molecule has 0 aromatic heterocycles. The Hall–Kier alpha value is -0.670. The summed E-state index contributed by atoms with van der Waals surface area (Å²) in [5, 5.41) is 3.14. The van der Waals surface area contributed by atoms with E-state index in [0.717, 1.165) is 22.9 Å². The second-order valence-electron chi connectivity index (χ2n) is 3.97. The molecule has 0 aliphatic carbocycles. The van der Waals surface area contributed by atoms with Gasteiger partial charge in [0, 0.05) is 16.1 Å². The Bertz CT molecular complexity index is 356. The first-order valence-corrected chi connectivity index (χ1v) is 6.11. The summed E-state index contributed by atoms with van der Waals surface area (Å²) >= 11 is 3.39. The molecule has 1 aromatic rings. The van der Waals surface area contributed by atoms with Crippen LogP contribution >= 0.6 is 15.9 Å². The zero-order valence-corrected chi connectivity index (χ0v) is 11.3. The zero-order valence-electron chi connectivity index (χ0n) is 9.69. The van der Waals surface area contributed by atoms with Crippen LogP contribution in [0.15, 0.2) is 34.8 Å². The van der Waals surface area contributed by atoms with Crippen LogP contribution < -0.4 is 5.32 Å². The Labute approximate surface area is 105 Å². The molecule has 0 fully saturated rings. The topological polar surface area (TPSA) is 12.0 Å². The summed E-state index contributed by atoms with van der Waals surface area (Å²) in [7, 11) is 1.85. The van der Waals surface area contributed by atoms with E-state index in [1.165, 1.54) is 6.07 Å². The van der Waals surface area contributed by atoms with E-state index in [2.05, 4.69) is 27.8 Å². The van der Waals surface area contributed by atoms with Gasteiger partial charge in [-0.25, -0.2) is 4.39 Å². The Kier molecular flexibility index (Phi) is 5.16. The van der Waals surface area contributed by atoms with Gasteiger partial charge in [0.15, 0.2) is 0 Å². The number of hydrogen-bond donors (Lipinski definition) is 1. The summed E-state index contributed by atoms with van der Waals surface area (Å²) in [4.78, 5) is 0. The highest BCUT2D eigenvalue weighted by Gasteiger charge is 2.16. The maximum absolute atomic E-state index is 13.7. The molecule has 1 aromatic carbocycles. The van der Waals surface area contributed by atoms with Crippen LogP contribution in [0.3, 0.4) is 0 Å². The minimum Gasteiger partial charge on any atom is -0.313 e. The van der Waals surface area contributed by atoms with E-state index in [1.54, 1.807) is 6.07 Å². The lowest BCUT2D eigenvalue weighted by Crippen LogP contribution is -2.18. The van der Waals surface area contributed by atoms with Crippen LogP contribution in [0.25, 0.3) is 0 Å². The van der Waals surface area contributed by atoms with Gasteiger partial charge in [-0.15, -0.1) is 6.58 Å². The van der Waals surface area contributed by atoms with Crippen LogP contribution in [0, 0.1) is 5.82 Å². The third-order valence-corrected chi connectivity index (χ3v) is 3.25. The van der Waals surface area contributed by atoms with Gasteiger partial charge in [-0.2, -0.15) is 0 Å². The summed E-state index contributed by atoms with van der Waals surface area (Å²) in [6.07, 6.45) is 1.75. The van der Waals surface area contributed by atoms with Crippen molar-refractivity contribution in [3.05, 3.63) is 46.2 Å². The lowest BCUT2D eigenvalue weighted by Gasteiger charge is -2.18. The van der Waals surface area contributed by atoms with Gasteiger partial charge in [0.05, 0.1) is 0 Å². The molecule has 0 radical (unpaired) electrons. The van der Waals surface area contributed by atoms with Crippen molar-refractivity contribution < 1.29 is 4.39 Å². The lowest BCUT2D eigenvalue weighted by molar-refractivity contribution is 0.506. The first-order chi connectivity index (χ1) is 7.56. The summed E-state index contributed by atoms with van der Waals surface area (Å²) in [5.41, 5.74) is 1.82. The standard InChI is InChI=1S/C13H17BrFN/c1-9(2)7-8-12(16-3)13-10(14)5-4-6-11(13)15/h4-6,12,16H,1,7-8H2,2-3H3. The quantitative estimate of drug-likeness (QED) is 0.800. The molecule has 1 unspecified atom stereocenters. The number of allylic oxidation sites excluding steroid dienone is 1. The van der Waals surface area contributed by atoms with Gasteiger partial charge in [-0.3, -0.25) is 0 Å². The maximum Gasteiger partial charge on any atom is 0.129 e. The molecule has 0 saturated heterocycles. The third kappa shape index (κ3) is 3.42. The Morgan fingerprint density at radius 3 is 2.75 bits per heavy atom. The van der Waals surface area contributed by atoms with Crippen LogP contribution in [-0.2, 0) is 0 Å². The Morgan fingerprint density at radius 1 is 1.56 bits per heavy atom. The molecule has 0 heterocycles. The number of benzene rings is 1. The molecule has 0 bridgehead atoms. The van der Waals surface area contributed by atoms with Crippen molar-refractivity contribution in [1.82, 2.24) is 5.32 Å². The number of hydrogen-bond acceptors (Lipinski definition) is 1. The van der Waals surface area contributed by atoms with Crippen molar-refractivity contribution in [1.29, 1.82) is 0 Å². The third-order valence-electron chi connectivity index (χ3n) is 2.56. The van der Waals surface area contributed by atoms with Crippen molar-refractivity contribution in [2.45, 2.75) is 25.8 Å². The van der Waals surface area contributed by atoms with Gasteiger partial charge in [0.1, 0.15) is 5.82 Å². The second-order valence-corrected chi connectivity index (χ2v) is 4.83. The Morgan fingerprint density at radius 2 is 2.25 bits per heavy atom. The molecule has 0 aliphatic rings. The molecule has 1 N–H and O–H groups in total. The van der Waals surface area contributed by atoms with Crippen molar-refractivity contribution in [2.75, 3.05) is 7.05 Å². The number of halogens is 2. The molecule has 0 aliphatic heterocycles. The maximum atomic E-state index is 13.7. The molecule has 1 nitrogen and oxygen atoms in total. The average Bonchev–Trinajstić information content (AvgIpc) is 2.22. The summed E-state index contributed by atoms with van der Waals surface area (Å²) in [6.45, 7) is 5.86. The van der Waals surface area contributed by atoms with Gasteiger partial charge >= 0.3 is 0 Å². The fraction of sp³-hybridized carbons (Fsp3) is 0.385. The van der Waals surface area contributed by atoms with E-state index in [-0.39, 0.29) is 11.9 Å². The van der Waals surface area contributed by atoms with E-state index in [4.69, 9.17) is 0 Å². The van der Waals surface area contributed by atoms with E-state index >= 15 is 0 Å². The summed E-state index contributed by atoms with van der Waals surface area (Å²) in [6, 6.07) is 5.08. The first kappa shape index (κ1) is 13.4. The van der Waals surface area contributed by atoms with Crippen LogP contribution in [0.5, 0.6) is 0 Å². The highest BCUT2D eigenvalue weighted by molar-refractivity contribution is 9.10. The number of nitrogens with one attached hydrogen (secondary N) is 1. The predicted octanol–water partition coefficient (Wildman–Crippen LogP) is 4.21. The van der Waals surface area contributed by atoms with Gasteiger partial charge in [-0.1, -0.05) is 27.6 Å². The minimum absolute atomic E-state index is 0.0206. The summed E-state index contributed by atoms with van der Waals surface area (Å²) in [5.74, 6) is -0.171. The normalized spacial score (nSPS) is 12.5. The van der Waals surface area contributed by atoms with Crippen LogP contribution in [0.4, 0.5) is 4.39 Å². The zero-order chi connectivity index (χ0) is 12.1. The largest absolute Gasteiger partial charge is 0.313 e. The second kappa shape index (κ2) is 6.16. The van der Waals surface area contributed by atoms with Crippen molar-refractivity contribution >= 4 is 15.9 Å². The van der Waals surface area contributed by atoms with E-state index in [1.807, 2.05) is 20.0 Å². The lowest BCUT2D eigenvalue weighted by atomic mass is 9.99. The molecule has 1 rings (SSSR count).